The largest absolute Gasteiger partial charge is 0.398 e. The number of nitrogen functional groups attached to an aromatic ring is 1. The minimum Gasteiger partial charge on any atom is -0.398 e. The number of thiophene rings is 1. The van der Waals surface area contributed by atoms with E-state index in [1.54, 1.807) is 11.3 Å². The van der Waals surface area contributed by atoms with E-state index >= 15 is 0 Å². The normalized spacial score (nSPS) is 12.6. The van der Waals surface area contributed by atoms with Crippen molar-refractivity contribution in [2.45, 2.75) is 32.9 Å². The third kappa shape index (κ3) is 3.12. The molecule has 1 aromatic carbocycles. The van der Waals surface area contributed by atoms with Crippen molar-refractivity contribution in [1.29, 1.82) is 0 Å². The molecule has 2 nitrogen and oxygen atoms in total. The molecule has 1 heterocycles. The lowest BCUT2D eigenvalue weighted by molar-refractivity contribution is 0.579. The summed E-state index contributed by atoms with van der Waals surface area (Å²) >= 11 is 1.71. The van der Waals surface area contributed by atoms with Gasteiger partial charge in [-0.2, -0.15) is 0 Å². The lowest BCUT2D eigenvalue weighted by Crippen LogP contribution is -2.18. The summed E-state index contributed by atoms with van der Waals surface area (Å²) in [6.07, 6.45) is 1.09. The minimum atomic E-state index is 0.345. The van der Waals surface area contributed by atoms with Crippen LogP contribution in [-0.2, 0) is 13.0 Å². The van der Waals surface area contributed by atoms with E-state index in [1.807, 2.05) is 11.4 Å². The Bertz CT molecular complexity index is 487. The first-order valence-electron chi connectivity index (χ1n) is 6.34. The Morgan fingerprint density at radius 1 is 1.22 bits per heavy atom. The highest BCUT2D eigenvalue weighted by Gasteiger charge is 2.06. The highest BCUT2D eigenvalue weighted by atomic mass is 32.1. The molecule has 0 aliphatic heterocycles. The van der Waals surface area contributed by atoms with Gasteiger partial charge in [0.1, 0.15) is 0 Å². The predicted molar refractivity (Wildman–Crippen MR) is 79.8 cm³/mol. The molecule has 96 valence electrons. The standard InChI is InChI=1S/C15H20N2S/c1-3-12-4-6-13(7-5-12)11(2)17-10-15-14(16)8-9-18-15/h4-9,11,17H,3,10,16H2,1-2H3. The van der Waals surface area contributed by atoms with Crippen molar-refractivity contribution >= 4 is 17.0 Å². The van der Waals surface area contributed by atoms with Gasteiger partial charge in [0.15, 0.2) is 0 Å². The van der Waals surface area contributed by atoms with Gasteiger partial charge in [-0.3, -0.25) is 0 Å². The second kappa shape index (κ2) is 6.03. The molecule has 0 aliphatic carbocycles. The Hall–Kier alpha value is -1.32. The van der Waals surface area contributed by atoms with Crippen molar-refractivity contribution in [3.8, 4) is 0 Å². The molecule has 3 heteroatoms. The van der Waals surface area contributed by atoms with Gasteiger partial charge in [-0.1, -0.05) is 31.2 Å². The lowest BCUT2D eigenvalue weighted by atomic mass is 10.1. The molecule has 1 aromatic heterocycles. The first-order chi connectivity index (χ1) is 8.70. The summed E-state index contributed by atoms with van der Waals surface area (Å²) in [6.45, 7) is 5.20. The van der Waals surface area contributed by atoms with Crippen LogP contribution in [0.15, 0.2) is 35.7 Å². The van der Waals surface area contributed by atoms with Crippen LogP contribution in [-0.4, -0.2) is 0 Å². The van der Waals surface area contributed by atoms with E-state index in [-0.39, 0.29) is 0 Å². The summed E-state index contributed by atoms with van der Waals surface area (Å²) in [7, 11) is 0. The van der Waals surface area contributed by atoms with Crippen molar-refractivity contribution in [1.82, 2.24) is 5.32 Å². The second-order valence-electron chi connectivity index (χ2n) is 4.50. The summed E-state index contributed by atoms with van der Waals surface area (Å²) < 4.78 is 0. The zero-order valence-corrected chi connectivity index (χ0v) is 11.8. The van der Waals surface area contributed by atoms with Crippen LogP contribution in [0.2, 0.25) is 0 Å². The molecule has 18 heavy (non-hydrogen) atoms. The van der Waals surface area contributed by atoms with E-state index in [1.165, 1.54) is 16.0 Å². The number of hydrogen-bond donors (Lipinski definition) is 2. The first-order valence-corrected chi connectivity index (χ1v) is 7.22. The van der Waals surface area contributed by atoms with Gasteiger partial charge >= 0.3 is 0 Å². The van der Waals surface area contributed by atoms with Gasteiger partial charge in [0.05, 0.1) is 0 Å². The Kier molecular flexibility index (Phi) is 4.39. The lowest BCUT2D eigenvalue weighted by Gasteiger charge is -2.14. The predicted octanol–water partition coefficient (Wildman–Crippen LogP) is 3.74. The van der Waals surface area contributed by atoms with E-state index in [0.717, 1.165) is 18.7 Å². The summed E-state index contributed by atoms with van der Waals surface area (Å²) in [5.41, 5.74) is 9.47. The number of hydrogen-bond acceptors (Lipinski definition) is 3. The molecule has 0 amide bonds. The third-order valence-corrected chi connectivity index (χ3v) is 4.17. The first kappa shape index (κ1) is 13.1. The molecule has 0 spiro atoms. The SMILES string of the molecule is CCc1ccc(C(C)NCc2sccc2N)cc1. The van der Waals surface area contributed by atoms with Gasteiger partial charge < -0.3 is 11.1 Å². The maximum atomic E-state index is 5.87. The fourth-order valence-electron chi connectivity index (χ4n) is 1.90. The van der Waals surface area contributed by atoms with Crippen LogP contribution in [0.4, 0.5) is 5.69 Å². The van der Waals surface area contributed by atoms with Crippen LogP contribution in [0, 0.1) is 0 Å². The third-order valence-electron chi connectivity index (χ3n) is 3.24. The Morgan fingerprint density at radius 2 is 1.94 bits per heavy atom. The monoisotopic (exact) mass is 260 g/mol. The van der Waals surface area contributed by atoms with Crippen LogP contribution >= 0.6 is 11.3 Å². The van der Waals surface area contributed by atoms with Gasteiger partial charge in [-0.05, 0) is 35.9 Å². The second-order valence-corrected chi connectivity index (χ2v) is 5.50. The van der Waals surface area contributed by atoms with Crippen molar-refractivity contribution in [3.63, 3.8) is 0 Å². The number of benzene rings is 1. The molecule has 0 aliphatic rings. The number of aryl methyl sites for hydroxylation is 1. The van der Waals surface area contributed by atoms with Gasteiger partial charge in [0.25, 0.3) is 0 Å². The average Bonchev–Trinajstić information content (AvgIpc) is 2.81. The van der Waals surface area contributed by atoms with Gasteiger partial charge in [-0.25, -0.2) is 0 Å². The molecule has 0 fully saturated rings. The van der Waals surface area contributed by atoms with Crippen LogP contribution in [0.5, 0.6) is 0 Å². The van der Waals surface area contributed by atoms with Crippen LogP contribution < -0.4 is 11.1 Å². The number of nitrogens with one attached hydrogen (secondary N) is 1. The zero-order valence-electron chi connectivity index (χ0n) is 10.9. The smallest absolute Gasteiger partial charge is 0.0468 e. The molecule has 2 rings (SSSR count). The summed E-state index contributed by atoms with van der Waals surface area (Å²) in [4.78, 5) is 1.21. The van der Waals surface area contributed by atoms with Crippen molar-refractivity contribution in [2.75, 3.05) is 5.73 Å². The van der Waals surface area contributed by atoms with Crippen LogP contribution in [0.25, 0.3) is 0 Å². The maximum Gasteiger partial charge on any atom is 0.0468 e. The summed E-state index contributed by atoms with van der Waals surface area (Å²) in [5, 5.41) is 5.54. The van der Waals surface area contributed by atoms with Gasteiger partial charge in [0, 0.05) is 23.2 Å². The maximum absolute atomic E-state index is 5.87. The fourth-order valence-corrected chi connectivity index (χ4v) is 2.65. The quantitative estimate of drug-likeness (QED) is 0.859. The zero-order chi connectivity index (χ0) is 13.0. The fraction of sp³-hybridized carbons (Fsp3) is 0.333. The van der Waals surface area contributed by atoms with Crippen molar-refractivity contribution < 1.29 is 0 Å². The number of anilines is 1. The van der Waals surface area contributed by atoms with Crippen molar-refractivity contribution in [2.24, 2.45) is 0 Å². The topological polar surface area (TPSA) is 38.0 Å². The molecule has 0 saturated heterocycles. The minimum absolute atomic E-state index is 0.345. The molecule has 1 atom stereocenters. The van der Waals surface area contributed by atoms with E-state index in [0.29, 0.717) is 6.04 Å². The van der Waals surface area contributed by atoms with Crippen molar-refractivity contribution in [3.05, 3.63) is 51.7 Å². The van der Waals surface area contributed by atoms with Crippen LogP contribution in [0.3, 0.4) is 0 Å². The average molecular weight is 260 g/mol. The van der Waals surface area contributed by atoms with E-state index < -0.39 is 0 Å². The van der Waals surface area contributed by atoms with E-state index in [9.17, 15) is 0 Å². The van der Waals surface area contributed by atoms with Crippen LogP contribution in [0.1, 0.15) is 35.9 Å². The summed E-state index contributed by atoms with van der Waals surface area (Å²) in [5.74, 6) is 0. The molecule has 0 saturated carbocycles. The molecule has 1 unspecified atom stereocenters. The highest BCUT2D eigenvalue weighted by molar-refractivity contribution is 7.10. The Labute approximate surface area is 113 Å². The van der Waals surface area contributed by atoms with E-state index in [2.05, 4.69) is 43.4 Å². The number of nitrogens with two attached hydrogens (primary N) is 1. The number of rotatable bonds is 5. The molecule has 2 aromatic rings. The summed E-state index contributed by atoms with van der Waals surface area (Å²) in [6, 6.07) is 11.1. The Balaban J connectivity index is 1.94. The molecular formula is C15H20N2S. The van der Waals surface area contributed by atoms with Gasteiger partial charge in [0.2, 0.25) is 0 Å². The van der Waals surface area contributed by atoms with Gasteiger partial charge in [-0.15, -0.1) is 11.3 Å². The molecule has 0 bridgehead atoms. The molecular weight excluding hydrogens is 240 g/mol. The molecule has 0 radical (unpaired) electrons. The van der Waals surface area contributed by atoms with E-state index in [4.69, 9.17) is 5.73 Å². The highest BCUT2D eigenvalue weighted by Crippen LogP contribution is 2.20. The molecule has 3 N–H and O–H groups in total. The Morgan fingerprint density at radius 3 is 2.50 bits per heavy atom.